The van der Waals surface area contributed by atoms with E-state index in [1.54, 1.807) is 23.9 Å². The Labute approximate surface area is 132 Å². The molecule has 1 saturated heterocycles. The largest absolute Gasteiger partial charge is 0.301 e. The summed E-state index contributed by atoms with van der Waals surface area (Å²) in [6, 6.07) is 0. The van der Waals surface area contributed by atoms with Gasteiger partial charge in [-0.3, -0.25) is 0 Å². The molecule has 0 atom stereocenters. The van der Waals surface area contributed by atoms with Crippen LogP contribution in [-0.2, 0) is 6.54 Å². The quantitative estimate of drug-likeness (QED) is 0.740. The number of piperidine rings is 1. The van der Waals surface area contributed by atoms with Crippen molar-refractivity contribution in [2.24, 2.45) is 0 Å². The molecule has 114 valence electrons. The lowest BCUT2D eigenvalue weighted by molar-refractivity contribution is 0.219. The monoisotopic (exact) mass is 314 g/mol. The molecule has 6 nitrogen and oxygen atoms in total. The molecule has 0 amide bonds. The van der Waals surface area contributed by atoms with Crippen LogP contribution in [0.3, 0.4) is 0 Å². The van der Waals surface area contributed by atoms with Crippen molar-refractivity contribution in [3.63, 3.8) is 0 Å². The molecule has 0 bridgehead atoms. The fourth-order valence-corrected chi connectivity index (χ4v) is 3.63. The highest BCUT2D eigenvalue weighted by atomic mass is 32.1. The number of hydrogen-bond acceptors (Lipinski definition) is 6. The molecule has 0 aliphatic carbocycles. The van der Waals surface area contributed by atoms with E-state index in [2.05, 4.69) is 25.0 Å². The van der Waals surface area contributed by atoms with Gasteiger partial charge in [0.2, 0.25) is 0 Å². The number of hydrogen-bond donors (Lipinski definition) is 0. The van der Waals surface area contributed by atoms with Gasteiger partial charge in [0.15, 0.2) is 5.65 Å². The molecule has 1 fully saturated rings. The number of aromatic nitrogens is 5. The van der Waals surface area contributed by atoms with Crippen LogP contribution in [-0.4, -0.2) is 49.3 Å². The lowest BCUT2D eigenvalue weighted by atomic mass is 10.1. The molecule has 1 aliphatic heterocycles. The van der Waals surface area contributed by atoms with Crippen molar-refractivity contribution in [2.45, 2.75) is 25.8 Å². The fraction of sp³-hybridized carbons (Fsp3) is 0.467. The third-order valence-corrected chi connectivity index (χ3v) is 4.93. The summed E-state index contributed by atoms with van der Waals surface area (Å²) in [6.45, 7) is 4.32. The number of fused-ring (bicyclic) bond motifs is 1. The summed E-state index contributed by atoms with van der Waals surface area (Å²) < 4.78 is 1.99. The van der Waals surface area contributed by atoms with Crippen molar-refractivity contribution >= 4 is 22.4 Å². The predicted molar refractivity (Wildman–Crippen MR) is 86.7 cm³/mol. The molecular formula is C15H18N6S. The first-order valence-electron chi connectivity index (χ1n) is 7.70. The molecule has 4 heterocycles. The van der Waals surface area contributed by atoms with Crippen LogP contribution in [0.15, 0.2) is 24.1 Å². The summed E-state index contributed by atoms with van der Waals surface area (Å²) in [5.41, 5.74) is 1.78. The minimum atomic E-state index is 0.873. The summed E-state index contributed by atoms with van der Waals surface area (Å²) in [6.07, 6.45) is 9.27. The van der Waals surface area contributed by atoms with Gasteiger partial charge in [-0.05, 0) is 25.9 Å². The van der Waals surface area contributed by atoms with Gasteiger partial charge in [0, 0.05) is 18.1 Å². The molecule has 0 spiro atoms. The second-order valence-electron chi connectivity index (χ2n) is 5.57. The zero-order valence-electron chi connectivity index (χ0n) is 12.4. The van der Waals surface area contributed by atoms with E-state index in [9.17, 15) is 0 Å². The maximum atomic E-state index is 4.51. The number of likely N-dealkylation sites (tertiary alicyclic amines) is 1. The third kappa shape index (κ3) is 2.62. The maximum Gasteiger partial charge on any atom is 0.161 e. The van der Waals surface area contributed by atoms with E-state index in [1.165, 1.54) is 32.4 Å². The first-order valence-corrected chi connectivity index (χ1v) is 8.58. The minimum Gasteiger partial charge on any atom is -0.301 e. The Balaban J connectivity index is 1.59. The molecule has 3 aromatic rings. The Hall–Kier alpha value is -1.86. The average Bonchev–Trinajstić information content (AvgIpc) is 3.23. The topological polar surface area (TPSA) is 59.7 Å². The van der Waals surface area contributed by atoms with Gasteiger partial charge < -0.3 is 4.90 Å². The Bertz CT molecular complexity index is 745. The average molecular weight is 314 g/mol. The summed E-state index contributed by atoms with van der Waals surface area (Å²) >= 11 is 1.59. The van der Waals surface area contributed by atoms with Gasteiger partial charge in [-0.2, -0.15) is 5.10 Å². The van der Waals surface area contributed by atoms with Crippen LogP contribution in [0.4, 0.5) is 0 Å². The highest BCUT2D eigenvalue weighted by Gasteiger charge is 2.14. The van der Waals surface area contributed by atoms with Gasteiger partial charge in [-0.15, -0.1) is 11.3 Å². The van der Waals surface area contributed by atoms with E-state index in [0.29, 0.717) is 0 Å². The molecule has 0 saturated carbocycles. The van der Waals surface area contributed by atoms with E-state index >= 15 is 0 Å². The molecule has 0 aromatic carbocycles. The minimum absolute atomic E-state index is 0.873. The Morgan fingerprint density at radius 3 is 2.77 bits per heavy atom. The lowest BCUT2D eigenvalue weighted by Crippen LogP contribution is -2.32. The summed E-state index contributed by atoms with van der Waals surface area (Å²) in [4.78, 5) is 15.7. The number of rotatable bonds is 4. The number of nitrogens with zero attached hydrogens (tertiary/aromatic N) is 6. The zero-order chi connectivity index (χ0) is 14.8. The van der Waals surface area contributed by atoms with Crippen LogP contribution in [0.25, 0.3) is 21.7 Å². The lowest BCUT2D eigenvalue weighted by Gasteiger charge is -2.26. The molecule has 0 N–H and O–H groups in total. The van der Waals surface area contributed by atoms with Crippen molar-refractivity contribution in [1.29, 1.82) is 0 Å². The van der Waals surface area contributed by atoms with Gasteiger partial charge in [0.05, 0.1) is 18.1 Å². The molecular weight excluding hydrogens is 296 g/mol. The Morgan fingerprint density at radius 2 is 1.95 bits per heavy atom. The Morgan fingerprint density at radius 1 is 1.05 bits per heavy atom. The van der Waals surface area contributed by atoms with Crippen LogP contribution >= 0.6 is 11.3 Å². The predicted octanol–water partition coefficient (Wildman–Crippen LogP) is 2.44. The smallest absolute Gasteiger partial charge is 0.161 e. The standard InChI is InChI=1S/C15H18N6S/c1-2-5-20(6-3-1)7-8-21-14-12(10-19-21)13(17-11-18-14)15-16-4-9-22-15/h4,9-11H,1-3,5-8H2. The molecule has 1 aliphatic rings. The molecule has 7 heteroatoms. The van der Waals surface area contributed by atoms with Gasteiger partial charge in [-0.25, -0.2) is 19.6 Å². The van der Waals surface area contributed by atoms with E-state index in [4.69, 9.17) is 0 Å². The van der Waals surface area contributed by atoms with Gasteiger partial charge >= 0.3 is 0 Å². The summed E-state index contributed by atoms with van der Waals surface area (Å²) in [5, 5.41) is 8.38. The van der Waals surface area contributed by atoms with Crippen molar-refractivity contribution in [3.8, 4) is 10.7 Å². The van der Waals surface area contributed by atoms with Crippen LogP contribution in [0.2, 0.25) is 0 Å². The highest BCUT2D eigenvalue weighted by molar-refractivity contribution is 7.13. The second kappa shape index (κ2) is 6.10. The van der Waals surface area contributed by atoms with Crippen LogP contribution in [0.1, 0.15) is 19.3 Å². The normalized spacial score (nSPS) is 16.4. The molecule has 0 unspecified atom stereocenters. The van der Waals surface area contributed by atoms with Crippen molar-refractivity contribution in [1.82, 2.24) is 29.6 Å². The highest BCUT2D eigenvalue weighted by Crippen LogP contribution is 2.26. The molecule has 0 radical (unpaired) electrons. The summed E-state index contributed by atoms with van der Waals surface area (Å²) in [5.74, 6) is 0. The fourth-order valence-electron chi connectivity index (χ4n) is 2.99. The Kier molecular flexibility index (Phi) is 3.82. The van der Waals surface area contributed by atoms with E-state index in [0.717, 1.165) is 34.8 Å². The summed E-state index contributed by atoms with van der Waals surface area (Å²) in [7, 11) is 0. The zero-order valence-corrected chi connectivity index (χ0v) is 13.2. The van der Waals surface area contributed by atoms with Crippen molar-refractivity contribution in [3.05, 3.63) is 24.1 Å². The van der Waals surface area contributed by atoms with Crippen LogP contribution < -0.4 is 0 Å². The molecule has 3 aromatic heterocycles. The van der Waals surface area contributed by atoms with E-state index in [-0.39, 0.29) is 0 Å². The van der Waals surface area contributed by atoms with Crippen LogP contribution in [0, 0.1) is 0 Å². The van der Waals surface area contributed by atoms with Crippen LogP contribution in [0.5, 0.6) is 0 Å². The second-order valence-corrected chi connectivity index (χ2v) is 6.46. The molecule has 4 rings (SSSR count). The van der Waals surface area contributed by atoms with Gasteiger partial charge in [0.25, 0.3) is 0 Å². The first-order chi connectivity index (χ1) is 10.9. The van der Waals surface area contributed by atoms with Crippen molar-refractivity contribution in [2.75, 3.05) is 19.6 Å². The molecule has 22 heavy (non-hydrogen) atoms. The van der Waals surface area contributed by atoms with E-state index < -0.39 is 0 Å². The van der Waals surface area contributed by atoms with Gasteiger partial charge in [0.1, 0.15) is 17.0 Å². The first kappa shape index (κ1) is 13.8. The third-order valence-electron chi connectivity index (χ3n) is 4.15. The maximum absolute atomic E-state index is 4.51. The number of thiazole rings is 1. The SMILES string of the molecule is c1csc(-c2ncnc3c2cnn3CCN2CCCCC2)n1. The van der Waals surface area contributed by atoms with E-state index in [1.807, 2.05) is 16.3 Å². The van der Waals surface area contributed by atoms with Gasteiger partial charge in [-0.1, -0.05) is 6.42 Å². The van der Waals surface area contributed by atoms with Crippen molar-refractivity contribution < 1.29 is 0 Å².